The molecular weight excluding hydrogens is 478 g/mol. The number of aromatic nitrogens is 5. The molecule has 3 heterocycles. The van der Waals surface area contributed by atoms with Crippen molar-refractivity contribution in [3.05, 3.63) is 80.4 Å². The molecule has 1 atom stereocenters. The number of nitrogens with one attached hydrogen (secondary N) is 1. The van der Waals surface area contributed by atoms with Crippen LogP contribution in [-0.4, -0.2) is 70.0 Å². The average Bonchev–Trinajstić information content (AvgIpc) is 3.34. The number of ether oxygens (including phenoxy) is 1. The van der Waals surface area contributed by atoms with Gasteiger partial charge in [-0.1, -0.05) is 35.9 Å². The first-order valence-corrected chi connectivity index (χ1v) is 12.5. The van der Waals surface area contributed by atoms with Crippen LogP contribution in [0.3, 0.4) is 0 Å². The van der Waals surface area contributed by atoms with Crippen LogP contribution in [0, 0.1) is 13.8 Å². The third-order valence-corrected chi connectivity index (χ3v) is 7.15. The van der Waals surface area contributed by atoms with E-state index in [9.17, 15) is 4.79 Å². The Morgan fingerprint density at radius 1 is 1.08 bits per heavy atom. The van der Waals surface area contributed by atoms with Gasteiger partial charge in [-0.15, -0.1) is 5.10 Å². The molecule has 10 heteroatoms. The maximum absolute atomic E-state index is 13.4. The van der Waals surface area contributed by atoms with Gasteiger partial charge in [-0.25, -0.2) is 4.68 Å². The number of methoxy groups -OCH3 is 1. The van der Waals surface area contributed by atoms with Gasteiger partial charge in [0.2, 0.25) is 0 Å². The van der Waals surface area contributed by atoms with Crippen LogP contribution in [-0.2, 0) is 11.3 Å². The Hall–Kier alpha value is -3.27. The van der Waals surface area contributed by atoms with Crippen molar-refractivity contribution in [2.75, 3.05) is 44.8 Å². The highest BCUT2D eigenvalue weighted by Gasteiger charge is 2.33. The number of benzene rings is 2. The molecule has 0 spiro atoms. The van der Waals surface area contributed by atoms with Crippen molar-refractivity contribution >= 4 is 28.2 Å². The molecule has 1 N–H and O–H groups in total. The van der Waals surface area contributed by atoms with E-state index in [-0.39, 0.29) is 5.56 Å². The summed E-state index contributed by atoms with van der Waals surface area (Å²) in [5.74, 6) is 0.636. The van der Waals surface area contributed by atoms with Crippen molar-refractivity contribution < 1.29 is 4.74 Å². The molecule has 1 fully saturated rings. The molecule has 188 valence electrons. The summed E-state index contributed by atoms with van der Waals surface area (Å²) in [5.41, 5.74) is 4.72. The second-order valence-electron chi connectivity index (χ2n) is 9.20. The molecule has 0 radical (unpaired) electrons. The molecule has 0 saturated carbocycles. The summed E-state index contributed by atoms with van der Waals surface area (Å²) in [6.45, 7) is 8.13. The highest BCUT2D eigenvalue weighted by atomic mass is 35.5. The Labute approximate surface area is 214 Å². The number of nitrogens with zero attached hydrogens (tertiary/aromatic N) is 6. The van der Waals surface area contributed by atoms with Crippen LogP contribution < -0.4 is 10.5 Å². The molecule has 1 saturated heterocycles. The topological polar surface area (TPSA) is 92.2 Å². The second kappa shape index (κ2) is 10.4. The van der Waals surface area contributed by atoms with Crippen LogP contribution in [0.15, 0.2) is 47.3 Å². The molecule has 0 aliphatic carbocycles. The van der Waals surface area contributed by atoms with Gasteiger partial charge in [-0.2, -0.15) is 0 Å². The first-order chi connectivity index (χ1) is 17.5. The number of tetrazole rings is 1. The van der Waals surface area contributed by atoms with Crippen LogP contribution in [0.4, 0.5) is 5.69 Å². The van der Waals surface area contributed by atoms with E-state index in [2.05, 4.69) is 37.2 Å². The zero-order valence-corrected chi connectivity index (χ0v) is 21.5. The van der Waals surface area contributed by atoms with Gasteiger partial charge in [0, 0.05) is 49.6 Å². The maximum atomic E-state index is 13.4. The van der Waals surface area contributed by atoms with Crippen molar-refractivity contribution in [1.82, 2.24) is 30.1 Å². The van der Waals surface area contributed by atoms with Gasteiger partial charge in [-0.3, -0.25) is 9.69 Å². The summed E-state index contributed by atoms with van der Waals surface area (Å²) in [7, 11) is 1.65. The molecule has 1 unspecified atom stereocenters. The standard InChI is InChI=1S/C26H30ClN7O2/c1-17-7-8-20(27)16-22(17)32-9-11-33(12-10-32)24(25-29-30-31-34(25)13-14-36-3)21-15-19-6-4-5-18(2)23(19)28-26(21)35/h4-8,15-16,24H,9-14H2,1-3H3,(H,28,35). The number of para-hydroxylation sites is 1. The molecule has 9 nitrogen and oxygen atoms in total. The predicted molar refractivity (Wildman–Crippen MR) is 141 cm³/mol. The van der Waals surface area contributed by atoms with Gasteiger partial charge in [-0.05, 0) is 59.0 Å². The monoisotopic (exact) mass is 507 g/mol. The van der Waals surface area contributed by atoms with Gasteiger partial charge in [0.15, 0.2) is 5.82 Å². The maximum Gasteiger partial charge on any atom is 0.253 e. The van der Waals surface area contributed by atoms with E-state index in [4.69, 9.17) is 16.3 Å². The van der Waals surface area contributed by atoms with E-state index >= 15 is 0 Å². The number of aryl methyl sites for hydroxylation is 2. The molecular formula is C26H30ClN7O2. The SMILES string of the molecule is COCCn1nnnc1C(c1cc2cccc(C)c2[nH]c1=O)N1CCN(c2cc(Cl)ccc2C)CC1. The molecule has 2 aromatic heterocycles. The van der Waals surface area contributed by atoms with Crippen molar-refractivity contribution in [3.8, 4) is 0 Å². The van der Waals surface area contributed by atoms with E-state index in [1.807, 2.05) is 49.4 Å². The number of hydrogen-bond donors (Lipinski definition) is 1. The number of anilines is 1. The minimum absolute atomic E-state index is 0.129. The fraction of sp³-hybridized carbons (Fsp3) is 0.385. The fourth-order valence-corrected chi connectivity index (χ4v) is 5.16. The van der Waals surface area contributed by atoms with E-state index in [0.29, 0.717) is 24.5 Å². The number of halogens is 1. The number of H-pyrrole nitrogens is 1. The Bertz CT molecular complexity index is 1430. The van der Waals surface area contributed by atoms with Gasteiger partial charge < -0.3 is 14.6 Å². The minimum Gasteiger partial charge on any atom is -0.383 e. The van der Waals surface area contributed by atoms with Crippen LogP contribution in [0.5, 0.6) is 0 Å². The summed E-state index contributed by atoms with van der Waals surface area (Å²) >= 11 is 6.29. The summed E-state index contributed by atoms with van der Waals surface area (Å²) in [4.78, 5) is 21.2. The average molecular weight is 508 g/mol. The highest BCUT2D eigenvalue weighted by molar-refractivity contribution is 6.30. The lowest BCUT2D eigenvalue weighted by molar-refractivity contribution is 0.171. The summed E-state index contributed by atoms with van der Waals surface area (Å²) in [5, 5.41) is 14.2. The van der Waals surface area contributed by atoms with Gasteiger partial charge in [0.1, 0.15) is 6.04 Å². The van der Waals surface area contributed by atoms with Gasteiger partial charge >= 0.3 is 0 Å². The molecule has 36 heavy (non-hydrogen) atoms. The first kappa shape index (κ1) is 24.4. The molecule has 5 rings (SSSR count). The zero-order chi connectivity index (χ0) is 25.2. The highest BCUT2D eigenvalue weighted by Crippen LogP contribution is 2.31. The zero-order valence-electron chi connectivity index (χ0n) is 20.7. The predicted octanol–water partition coefficient (Wildman–Crippen LogP) is 3.34. The number of fused-ring (bicyclic) bond motifs is 1. The Morgan fingerprint density at radius 3 is 2.67 bits per heavy atom. The third kappa shape index (κ3) is 4.74. The molecule has 2 aromatic carbocycles. The molecule has 1 aliphatic heterocycles. The largest absolute Gasteiger partial charge is 0.383 e. The smallest absolute Gasteiger partial charge is 0.253 e. The molecule has 0 bridgehead atoms. The van der Waals surface area contributed by atoms with E-state index in [1.54, 1.807) is 11.8 Å². The number of pyridine rings is 1. The summed E-state index contributed by atoms with van der Waals surface area (Å²) in [6, 6.07) is 13.6. The molecule has 0 amide bonds. The Balaban J connectivity index is 1.52. The number of rotatable bonds is 7. The lowest BCUT2D eigenvalue weighted by Gasteiger charge is -2.40. The normalized spacial score (nSPS) is 15.5. The van der Waals surface area contributed by atoms with Crippen molar-refractivity contribution in [2.45, 2.75) is 26.4 Å². The van der Waals surface area contributed by atoms with Crippen molar-refractivity contribution in [2.24, 2.45) is 0 Å². The summed E-state index contributed by atoms with van der Waals surface area (Å²) in [6.07, 6.45) is 0. The quantitative estimate of drug-likeness (QED) is 0.410. The van der Waals surface area contributed by atoms with Crippen LogP contribution in [0.25, 0.3) is 10.9 Å². The third-order valence-electron chi connectivity index (χ3n) is 6.91. The minimum atomic E-state index is -0.395. The summed E-state index contributed by atoms with van der Waals surface area (Å²) < 4.78 is 7.00. The number of aromatic amines is 1. The molecule has 1 aliphatic rings. The molecule has 4 aromatic rings. The van der Waals surface area contributed by atoms with Gasteiger partial charge in [0.05, 0.1) is 18.7 Å². The van der Waals surface area contributed by atoms with E-state index < -0.39 is 6.04 Å². The second-order valence-corrected chi connectivity index (χ2v) is 9.64. The Morgan fingerprint density at radius 2 is 1.89 bits per heavy atom. The number of hydrogen-bond acceptors (Lipinski definition) is 7. The van der Waals surface area contributed by atoms with Crippen molar-refractivity contribution in [1.29, 1.82) is 0 Å². The van der Waals surface area contributed by atoms with E-state index in [1.165, 1.54) is 5.56 Å². The number of piperazine rings is 1. The van der Waals surface area contributed by atoms with Crippen LogP contribution in [0.2, 0.25) is 5.02 Å². The fourth-order valence-electron chi connectivity index (χ4n) is 4.99. The first-order valence-electron chi connectivity index (χ1n) is 12.1. The van der Waals surface area contributed by atoms with Crippen LogP contribution >= 0.6 is 11.6 Å². The lowest BCUT2D eigenvalue weighted by atomic mass is 10.0. The van der Waals surface area contributed by atoms with Gasteiger partial charge in [0.25, 0.3) is 5.56 Å². The lowest BCUT2D eigenvalue weighted by Crippen LogP contribution is -2.49. The van der Waals surface area contributed by atoms with Crippen LogP contribution in [0.1, 0.15) is 28.6 Å². The van der Waals surface area contributed by atoms with E-state index in [0.717, 1.165) is 53.4 Å². The Kier molecular flexibility index (Phi) is 7.04. The van der Waals surface area contributed by atoms with Crippen molar-refractivity contribution in [3.63, 3.8) is 0 Å².